The largest absolute Gasteiger partial charge is 0.496 e. The molecule has 0 saturated carbocycles. The zero-order chi connectivity index (χ0) is 18.1. The van der Waals surface area contributed by atoms with Crippen molar-refractivity contribution >= 4 is 0 Å². The van der Waals surface area contributed by atoms with Gasteiger partial charge in [-0.25, -0.2) is 4.68 Å². The Kier molecular flexibility index (Phi) is 3.92. The molecule has 130 valence electrons. The van der Waals surface area contributed by atoms with E-state index in [-0.39, 0.29) is 0 Å². The van der Waals surface area contributed by atoms with Gasteiger partial charge in [0, 0.05) is 17.2 Å². The molecule has 0 bridgehead atoms. The van der Waals surface area contributed by atoms with Crippen molar-refractivity contribution in [2.75, 3.05) is 7.11 Å². The van der Waals surface area contributed by atoms with Crippen molar-refractivity contribution in [3.05, 3.63) is 53.7 Å². The Morgan fingerprint density at radius 2 is 1.81 bits per heavy atom. The minimum absolute atomic E-state index is 0.557. The summed E-state index contributed by atoms with van der Waals surface area (Å²) in [7, 11) is 1.67. The lowest BCUT2D eigenvalue weighted by Gasteiger charge is -2.12. The average molecular weight is 347 g/mol. The van der Waals surface area contributed by atoms with Gasteiger partial charge in [-0.1, -0.05) is 29.5 Å². The van der Waals surface area contributed by atoms with E-state index in [2.05, 4.69) is 43.9 Å². The van der Waals surface area contributed by atoms with Crippen LogP contribution >= 0.6 is 0 Å². The van der Waals surface area contributed by atoms with Gasteiger partial charge in [0.1, 0.15) is 5.75 Å². The van der Waals surface area contributed by atoms with Gasteiger partial charge in [0.05, 0.1) is 24.7 Å². The monoisotopic (exact) mass is 347 g/mol. The quantitative estimate of drug-likeness (QED) is 0.610. The van der Waals surface area contributed by atoms with Crippen molar-refractivity contribution in [3.63, 3.8) is 0 Å². The summed E-state index contributed by atoms with van der Waals surface area (Å²) < 4.78 is 7.29. The summed E-state index contributed by atoms with van der Waals surface area (Å²) in [5.41, 5.74) is 5.90. The summed E-state index contributed by atoms with van der Waals surface area (Å²) in [5.74, 6) is 1.39. The summed E-state index contributed by atoms with van der Waals surface area (Å²) in [6, 6.07) is 11.9. The van der Waals surface area contributed by atoms with E-state index in [1.807, 2.05) is 37.3 Å². The highest BCUT2D eigenvalue weighted by molar-refractivity contribution is 5.66. The molecule has 0 aliphatic rings. The van der Waals surface area contributed by atoms with Crippen molar-refractivity contribution in [1.82, 2.24) is 35.6 Å². The molecule has 0 radical (unpaired) electrons. The number of nitrogens with zero attached hydrogens (tertiary/aromatic N) is 6. The van der Waals surface area contributed by atoms with Gasteiger partial charge in [0.15, 0.2) is 0 Å². The molecule has 0 saturated heterocycles. The second kappa shape index (κ2) is 6.40. The van der Waals surface area contributed by atoms with Crippen LogP contribution in [0.4, 0.5) is 0 Å². The molecule has 26 heavy (non-hydrogen) atoms. The molecule has 1 N–H and O–H groups in total. The number of H-pyrrole nitrogens is 1. The van der Waals surface area contributed by atoms with Crippen molar-refractivity contribution in [2.24, 2.45) is 0 Å². The fraction of sp³-hybridized carbons (Fsp3) is 0.167. The first-order valence-corrected chi connectivity index (χ1v) is 8.08. The molecule has 0 atom stereocenters. The maximum absolute atomic E-state index is 5.48. The smallest absolute Gasteiger partial charge is 0.204 e. The predicted octanol–water partition coefficient (Wildman–Crippen LogP) is 2.74. The number of aromatic nitrogens is 7. The molecule has 8 nitrogen and oxygen atoms in total. The fourth-order valence-corrected chi connectivity index (χ4v) is 2.84. The number of hydrogen-bond acceptors (Lipinski definition) is 6. The van der Waals surface area contributed by atoms with Gasteiger partial charge >= 0.3 is 0 Å². The molecule has 2 aromatic heterocycles. The zero-order valence-electron chi connectivity index (χ0n) is 14.6. The normalized spacial score (nSPS) is 10.9. The van der Waals surface area contributed by atoms with Gasteiger partial charge in [0.2, 0.25) is 5.82 Å². The van der Waals surface area contributed by atoms with E-state index in [9.17, 15) is 0 Å². The lowest BCUT2D eigenvalue weighted by molar-refractivity contribution is 0.411. The molecule has 2 heterocycles. The van der Waals surface area contributed by atoms with Gasteiger partial charge < -0.3 is 4.74 Å². The number of aryl methyl sites for hydroxylation is 1. The Hall–Kier alpha value is -3.55. The van der Waals surface area contributed by atoms with Crippen molar-refractivity contribution in [2.45, 2.75) is 13.8 Å². The number of benzene rings is 2. The van der Waals surface area contributed by atoms with Crippen LogP contribution in [0.3, 0.4) is 0 Å². The summed E-state index contributed by atoms with van der Waals surface area (Å²) in [5, 5.41) is 22.4. The molecule has 2 aromatic carbocycles. The molecule has 8 heteroatoms. The molecule has 0 unspecified atom stereocenters. The van der Waals surface area contributed by atoms with Crippen LogP contribution in [0.15, 0.2) is 42.6 Å². The Bertz CT molecular complexity index is 1040. The molecular weight excluding hydrogens is 330 g/mol. The average Bonchev–Trinajstić information content (AvgIpc) is 3.36. The Balaban J connectivity index is 1.75. The molecule has 0 spiro atoms. The molecule has 4 aromatic rings. The highest BCUT2D eigenvalue weighted by Crippen LogP contribution is 2.29. The second-order valence-corrected chi connectivity index (χ2v) is 5.93. The first kappa shape index (κ1) is 15.9. The van der Waals surface area contributed by atoms with E-state index in [1.54, 1.807) is 18.0 Å². The summed E-state index contributed by atoms with van der Waals surface area (Å²) >= 11 is 0. The van der Waals surface area contributed by atoms with Crippen LogP contribution in [0, 0.1) is 13.8 Å². The molecule has 0 fully saturated rings. The number of ether oxygens (including phenoxy) is 1. The fourth-order valence-electron chi connectivity index (χ4n) is 2.84. The third-order valence-corrected chi connectivity index (χ3v) is 4.40. The summed E-state index contributed by atoms with van der Waals surface area (Å²) in [4.78, 5) is 0. The number of nitrogens with one attached hydrogen (secondary N) is 1. The Morgan fingerprint density at radius 1 is 1.04 bits per heavy atom. The molecule has 4 rings (SSSR count). The van der Waals surface area contributed by atoms with E-state index in [0.29, 0.717) is 5.82 Å². The van der Waals surface area contributed by atoms with E-state index in [4.69, 9.17) is 4.74 Å². The van der Waals surface area contributed by atoms with Crippen LogP contribution in [0.5, 0.6) is 5.75 Å². The maximum Gasteiger partial charge on any atom is 0.204 e. The minimum Gasteiger partial charge on any atom is -0.496 e. The molecule has 0 amide bonds. The highest BCUT2D eigenvalue weighted by atomic mass is 16.5. The molecule has 0 aliphatic heterocycles. The number of hydrogen-bond donors (Lipinski definition) is 1. The predicted molar refractivity (Wildman–Crippen MR) is 96.0 cm³/mol. The first-order chi connectivity index (χ1) is 12.7. The van der Waals surface area contributed by atoms with E-state index < -0.39 is 0 Å². The number of rotatable bonds is 4. The van der Waals surface area contributed by atoms with Crippen molar-refractivity contribution in [3.8, 4) is 34.1 Å². The molecular formula is C18H17N7O. The number of aromatic amines is 1. The minimum atomic E-state index is 0.557. The third kappa shape index (κ3) is 2.71. The van der Waals surface area contributed by atoms with Gasteiger partial charge in [0.25, 0.3) is 0 Å². The van der Waals surface area contributed by atoms with Crippen LogP contribution in [-0.2, 0) is 0 Å². The maximum atomic E-state index is 5.48. The highest BCUT2D eigenvalue weighted by Gasteiger charge is 2.13. The van der Waals surface area contributed by atoms with Crippen LogP contribution in [0.2, 0.25) is 0 Å². The number of tetrazole rings is 1. The van der Waals surface area contributed by atoms with Crippen LogP contribution in [0.1, 0.15) is 11.1 Å². The van der Waals surface area contributed by atoms with Crippen LogP contribution in [-0.4, -0.2) is 42.7 Å². The first-order valence-electron chi connectivity index (χ1n) is 8.08. The van der Waals surface area contributed by atoms with E-state index in [0.717, 1.165) is 39.4 Å². The topological polar surface area (TPSA) is 94.4 Å². The SMILES string of the molecule is COc1cc(-n2nncc2-c2ccc(-c3nn[nH]n3)cc2)cc(C)c1C. The zero-order valence-corrected chi connectivity index (χ0v) is 14.6. The number of methoxy groups -OCH3 is 1. The lowest BCUT2D eigenvalue weighted by Crippen LogP contribution is -2.02. The third-order valence-electron chi connectivity index (χ3n) is 4.40. The molecule has 0 aliphatic carbocycles. The van der Waals surface area contributed by atoms with E-state index >= 15 is 0 Å². The van der Waals surface area contributed by atoms with Gasteiger partial charge in [-0.3, -0.25) is 0 Å². The van der Waals surface area contributed by atoms with E-state index in [1.165, 1.54) is 0 Å². The van der Waals surface area contributed by atoms with Gasteiger partial charge in [-0.2, -0.15) is 5.21 Å². The van der Waals surface area contributed by atoms with Gasteiger partial charge in [-0.15, -0.1) is 15.3 Å². The standard InChI is InChI=1S/C18H17N7O/c1-11-8-15(9-17(26-3)12(11)2)25-16(10-19-24-25)13-4-6-14(7-5-13)18-20-22-23-21-18/h4-10H,1-3H3,(H,20,21,22,23). The Labute approximate surface area is 149 Å². The second-order valence-electron chi connectivity index (χ2n) is 5.93. The van der Waals surface area contributed by atoms with Crippen LogP contribution in [0.25, 0.3) is 28.3 Å². The van der Waals surface area contributed by atoms with Crippen LogP contribution < -0.4 is 4.74 Å². The van der Waals surface area contributed by atoms with Gasteiger partial charge in [-0.05, 0) is 36.3 Å². The Morgan fingerprint density at radius 3 is 2.50 bits per heavy atom. The lowest BCUT2D eigenvalue weighted by atomic mass is 10.1. The summed E-state index contributed by atoms with van der Waals surface area (Å²) in [6.45, 7) is 4.09. The van der Waals surface area contributed by atoms with Crippen molar-refractivity contribution < 1.29 is 4.74 Å². The summed E-state index contributed by atoms with van der Waals surface area (Å²) in [6.07, 6.45) is 1.74. The van der Waals surface area contributed by atoms with Crippen molar-refractivity contribution in [1.29, 1.82) is 0 Å².